The lowest BCUT2D eigenvalue weighted by Crippen LogP contribution is -2.37. The maximum atomic E-state index is 12.7. The predicted octanol–water partition coefficient (Wildman–Crippen LogP) is 13.3. The van der Waals surface area contributed by atoms with Crippen molar-refractivity contribution in [3.05, 3.63) is 0 Å². The fourth-order valence-corrected chi connectivity index (χ4v) is 6.67. The molecule has 0 fully saturated rings. The van der Waals surface area contributed by atoms with E-state index in [2.05, 4.69) is 13.8 Å². The van der Waals surface area contributed by atoms with Crippen molar-refractivity contribution >= 4 is 11.9 Å². The number of ether oxygens (including phenoxy) is 2. The Morgan fingerprint density at radius 2 is 0.688 bits per heavy atom. The van der Waals surface area contributed by atoms with Gasteiger partial charge in [0.25, 0.3) is 0 Å². The average molecular weight is 680 g/mol. The van der Waals surface area contributed by atoms with E-state index in [4.69, 9.17) is 9.47 Å². The quantitative estimate of drug-likeness (QED) is 0.0478. The normalized spacial score (nSPS) is 12.1. The van der Waals surface area contributed by atoms with Crippen molar-refractivity contribution in [1.29, 1.82) is 0 Å². The van der Waals surface area contributed by atoms with Crippen LogP contribution < -0.4 is 0 Å². The van der Waals surface area contributed by atoms with E-state index in [1.54, 1.807) is 0 Å². The highest BCUT2D eigenvalue weighted by Gasteiger charge is 2.23. The molecule has 0 radical (unpaired) electrons. The van der Waals surface area contributed by atoms with Gasteiger partial charge in [0.2, 0.25) is 0 Å². The zero-order valence-corrected chi connectivity index (χ0v) is 33.1. The van der Waals surface area contributed by atoms with E-state index >= 15 is 0 Å². The van der Waals surface area contributed by atoms with Crippen LogP contribution in [0.5, 0.6) is 0 Å². The van der Waals surface area contributed by atoms with Gasteiger partial charge < -0.3 is 9.47 Å². The summed E-state index contributed by atoms with van der Waals surface area (Å²) in [6, 6.07) is -0.394. The molecule has 48 heavy (non-hydrogen) atoms. The molecule has 0 N–H and O–H groups in total. The number of unbranched alkanes of at least 4 members (excludes halogenated alkanes) is 30. The van der Waals surface area contributed by atoms with Gasteiger partial charge in [-0.3, -0.25) is 14.5 Å². The van der Waals surface area contributed by atoms with Crippen molar-refractivity contribution < 1.29 is 19.1 Å². The largest absolute Gasteiger partial charge is 0.466 e. The van der Waals surface area contributed by atoms with Crippen LogP contribution in [0.1, 0.15) is 232 Å². The van der Waals surface area contributed by atoms with E-state index in [9.17, 15) is 9.59 Å². The summed E-state index contributed by atoms with van der Waals surface area (Å²) in [4.78, 5) is 26.8. The molecule has 0 aliphatic heterocycles. The Kier molecular flexibility index (Phi) is 37.8. The summed E-state index contributed by atoms with van der Waals surface area (Å²) < 4.78 is 11.0. The zero-order chi connectivity index (χ0) is 35.2. The van der Waals surface area contributed by atoms with E-state index in [-0.39, 0.29) is 18.4 Å². The fraction of sp³-hybridized carbons (Fsp3) is 0.953. The van der Waals surface area contributed by atoms with Gasteiger partial charge in [0.1, 0.15) is 6.04 Å². The second-order valence-corrected chi connectivity index (χ2v) is 15.0. The lowest BCUT2D eigenvalue weighted by Gasteiger charge is -2.22. The highest BCUT2D eigenvalue weighted by Crippen LogP contribution is 2.16. The molecule has 0 aromatic carbocycles. The van der Waals surface area contributed by atoms with E-state index in [0.29, 0.717) is 19.6 Å². The molecule has 0 amide bonds. The smallest absolute Gasteiger partial charge is 0.323 e. The maximum Gasteiger partial charge on any atom is 0.323 e. The first kappa shape index (κ1) is 46.9. The fourth-order valence-electron chi connectivity index (χ4n) is 6.67. The van der Waals surface area contributed by atoms with Gasteiger partial charge in [-0.15, -0.1) is 0 Å². The minimum absolute atomic E-state index is 0.201. The topological polar surface area (TPSA) is 55.8 Å². The van der Waals surface area contributed by atoms with Crippen molar-refractivity contribution in [3.63, 3.8) is 0 Å². The van der Waals surface area contributed by atoms with Crippen molar-refractivity contribution in [2.75, 3.05) is 27.3 Å². The summed E-state index contributed by atoms with van der Waals surface area (Å²) in [5, 5.41) is 0. The molecule has 1 atom stereocenters. The highest BCUT2D eigenvalue weighted by molar-refractivity contribution is 5.77. The van der Waals surface area contributed by atoms with Crippen LogP contribution >= 0.6 is 0 Å². The first-order valence-corrected chi connectivity index (χ1v) is 21.5. The van der Waals surface area contributed by atoms with Crippen LogP contribution in [0.15, 0.2) is 0 Å². The Balaban J connectivity index is 3.58. The van der Waals surface area contributed by atoms with Gasteiger partial charge in [0, 0.05) is 6.42 Å². The predicted molar refractivity (Wildman–Crippen MR) is 208 cm³/mol. The summed E-state index contributed by atoms with van der Waals surface area (Å²) in [5.41, 5.74) is 0. The van der Waals surface area contributed by atoms with Gasteiger partial charge >= 0.3 is 11.9 Å². The molecule has 0 saturated heterocycles. The summed E-state index contributed by atoms with van der Waals surface area (Å²) in [6.07, 6.45) is 43.3. The Bertz CT molecular complexity index is 667. The van der Waals surface area contributed by atoms with Crippen LogP contribution in [-0.2, 0) is 19.1 Å². The number of rotatable bonds is 39. The molecule has 0 spiro atoms. The SMILES string of the molecule is CCCCCCCCCCCCCCCCCCOC(=O)CCC(C(=O)OCCCCCCCCCCCCCCCCCC)N(C)C. The van der Waals surface area contributed by atoms with Gasteiger partial charge in [0.05, 0.1) is 13.2 Å². The van der Waals surface area contributed by atoms with Crippen molar-refractivity contribution in [2.45, 2.75) is 238 Å². The van der Waals surface area contributed by atoms with Gasteiger partial charge in [-0.05, 0) is 33.4 Å². The number of esters is 2. The summed E-state index contributed by atoms with van der Waals surface area (Å²) in [5.74, 6) is -0.417. The first-order chi connectivity index (χ1) is 23.5. The highest BCUT2D eigenvalue weighted by atomic mass is 16.5. The molecule has 0 aromatic heterocycles. The third kappa shape index (κ3) is 34.8. The Hall–Kier alpha value is -1.10. The van der Waals surface area contributed by atoms with Gasteiger partial charge in [-0.1, -0.05) is 206 Å². The molecular weight excluding hydrogens is 594 g/mol. The Morgan fingerprint density at radius 1 is 0.417 bits per heavy atom. The summed E-state index contributed by atoms with van der Waals surface area (Å²) in [7, 11) is 3.75. The van der Waals surface area contributed by atoms with E-state index in [0.717, 1.165) is 25.7 Å². The van der Waals surface area contributed by atoms with Crippen molar-refractivity contribution in [3.8, 4) is 0 Å². The lowest BCUT2D eigenvalue weighted by molar-refractivity contribution is -0.150. The third-order valence-corrected chi connectivity index (χ3v) is 10.0. The van der Waals surface area contributed by atoms with Crippen LogP contribution in [0.4, 0.5) is 0 Å². The minimum atomic E-state index is -0.394. The molecule has 0 aliphatic carbocycles. The number of carbonyl (C=O) groups is 2. The van der Waals surface area contributed by atoms with E-state index in [1.165, 1.54) is 180 Å². The number of hydrogen-bond acceptors (Lipinski definition) is 5. The number of likely N-dealkylation sites (N-methyl/N-ethyl adjacent to an activating group) is 1. The molecular formula is C43H85NO4. The molecule has 286 valence electrons. The third-order valence-electron chi connectivity index (χ3n) is 10.0. The van der Waals surface area contributed by atoms with Gasteiger partial charge in [0.15, 0.2) is 0 Å². The average Bonchev–Trinajstić information content (AvgIpc) is 3.07. The molecule has 0 saturated carbocycles. The van der Waals surface area contributed by atoms with E-state index in [1.807, 2.05) is 19.0 Å². The molecule has 0 heterocycles. The first-order valence-electron chi connectivity index (χ1n) is 21.5. The number of nitrogens with zero attached hydrogens (tertiary/aromatic N) is 1. The molecule has 0 aromatic rings. The minimum Gasteiger partial charge on any atom is -0.466 e. The maximum absolute atomic E-state index is 12.7. The molecule has 5 heteroatoms. The molecule has 0 rings (SSSR count). The number of carbonyl (C=O) groups excluding carboxylic acids is 2. The van der Waals surface area contributed by atoms with Crippen molar-refractivity contribution in [2.24, 2.45) is 0 Å². The molecule has 5 nitrogen and oxygen atoms in total. The van der Waals surface area contributed by atoms with Crippen LogP contribution in [0.2, 0.25) is 0 Å². The second-order valence-electron chi connectivity index (χ2n) is 15.0. The molecule has 0 bridgehead atoms. The zero-order valence-electron chi connectivity index (χ0n) is 33.1. The molecule has 1 unspecified atom stereocenters. The van der Waals surface area contributed by atoms with Crippen LogP contribution in [0.3, 0.4) is 0 Å². The Labute approximate surface area is 300 Å². The second kappa shape index (κ2) is 38.7. The van der Waals surface area contributed by atoms with Crippen LogP contribution in [0, 0.1) is 0 Å². The monoisotopic (exact) mass is 680 g/mol. The number of hydrogen-bond donors (Lipinski definition) is 0. The van der Waals surface area contributed by atoms with Gasteiger partial charge in [-0.25, -0.2) is 0 Å². The molecule has 0 aliphatic rings. The Morgan fingerprint density at radius 3 is 0.979 bits per heavy atom. The van der Waals surface area contributed by atoms with Crippen LogP contribution in [-0.4, -0.2) is 50.2 Å². The summed E-state index contributed by atoms with van der Waals surface area (Å²) >= 11 is 0. The standard InChI is InChI=1S/C43H85NO4/c1-5-7-9-11-13-15-17-19-21-23-25-27-29-31-33-35-39-47-42(45)38-37-41(44(3)4)43(46)48-40-36-34-32-30-28-26-24-22-20-18-16-14-12-10-8-6-2/h41H,5-40H2,1-4H3. The van der Waals surface area contributed by atoms with Crippen molar-refractivity contribution in [1.82, 2.24) is 4.90 Å². The van der Waals surface area contributed by atoms with Gasteiger partial charge in [-0.2, -0.15) is 0 Å². The van der Waals surface area contributed by atoms with E-state index < -0.39 is 6.04 Å². The summed E-state index contributed by atoms with van der Waals surface area (Å²) in [6.45, 7) is 5.54. The van der Waals surface area contributed by atoms with Crippen LogP contribution in [0.25, 0.3) is 0 Å². The lowest BCUT2D eigenvalue weighted by atomic mass is 10.0.